The molecule has 0 spiro atoms. The Morgan fingerprint density at radius 2 is 2.00 bits per heavy atom. The third-order valence-corrected chi connectivity index (χ3v) is 5.16. The van der Waals surface area contributed by atoms with E-state index in [0.717, 1.165) is 6.20 Å². The molecule has 3 rings (SSSR count). The topological polar surface area (TPSA) is 98.6 Å². The molecule has 9 heteroatoms. The van der Waals surface area contributed by atoms with Crippen molar-refractivity contribution in [2.75, 3.05) is 18.6 Å². The molecule has 0 atom stereocenters. The van der Waals surface area contributed by atoms with Crippen LogP contribution < -0.4 is 10.5 Å². The standard InChI is InChI=1S/C14H13N3O5S/c1-3-22-13(19)9-8-15-14-16(2)10-6-4-5-7-11(10)23(20,21)17(14)12(9)18/h4-8H,3H2,1-2H3. The van der Waals surface area contributed by atoms with Gasteiger partial charge in [-0.15, -0.1) is 0 Å². The molecule has 2 aromatic rings. The first-order chi connectivity index (χ1) is 10.9. The Morgan fingerprint density at radius 3 is 2.70 bits per heavy atom. The van der Waals surface area contributed by atoms with Crippen LogP contribution in [0.25, 0.3) is 0 Å². The largest absolute Gasteiger partial charge is 0.462 e. The first-order valence-corrected chi connectivity index (χ1v) is 8.21. The van der Waals surface area contributed by atoms with Gasteiger partial charge in [-0.05, 0) is 19.1 Å². The van der Waals surface area contributed by atoms with Crippen LogP contribution in [0.3, 0.4) is 0 Å². The summed E-state index contributed by atoms with van der Waals surface area (Å²) < 4.78 is 30.8. The number of ether oxygens (including phenoxy) is 1. The zero-order valence-corrected chi connectivity index (χ0v) is 13.2. The zero-order valence-electron chi connectivity index (χ0n) is 12.4. The number of benzene rings is 1. The fourth-order valence-corrected chi connectivity index (χ4v) is 3.99. The number of nitrogens with zero attached hydrogens (tertiary/aromatic N) is 3. The maximum atomic E-state index is 12.7. The fourth-order valence-electron chi connectivity index (χ4n) is 2.38. The molecule has 0 fully saturated rings. The molecule has 0 radical (unpaired) electrons. The van der Waals surface area contributed by atoms with Gasteiger partial charge in [-0.25, -0.2) is 18.2 Å². The number of anilines is 2. The van der Waals surface area contributed by atoms with Crippen molar-refractivity contribution in [3.05, 3.63) is 46.4 Å². The molecule has 120 valence electrons. The molecular formula is C14H13N3O5S. The highest BCUT2D eigenvalue weighted by Crippen LogP contribution is 2.35. The first kappa shape index (κ1) is 15.2. The van der Waals surface area contributed by atoms with Gasteiger partial charge in [0.25, 0.3) is 15.6 Å². The van der Waals surface area contributed by atoms with E-state index in [1.54, 1.807) is 32.2 Å². The quantitative estimate of drug-likeness (QED) is 0.746. The highest BCUT2D eigenvalue weighted by molar-refractivity contribution is 7.90. The summed E-state index contributed by atoms with van der Waals surface area (Å²) in [7, 11) is -2.55. The third kappa shape index (κ3) is 2.12. The van der Waals surface area contributed by atoms with Gasteiger partial charge in [0.05, 0.1) is 18.5 Å². The maximum absolute atomic E-state index is 12.7. The number of hydrogen-bond donors (Lipinski definition) is 0. The first-order valence-electron chi connectivity index (χ1n) is 6.77. The van der Waals surface area contributed by atoms with Crippen LogP contribution in [0.2, 0.25) is 0 Å². The van der Waals surface area contributed by atoms with Crippen LogP contribution in [0, 0.1) is 0 Å². The number of carbonyl (C=O) groups is 1. The molecule has 0 unspecified atom stereocenters. The van der Waals surface area contributed by atoms with Gasteiger partial charge in [-0.3, -0.25) is 4.79 Å². The summed E-state index contributed by atoms with van der Waals surface area (Å²) in [6.07, 6.45) is 1.03. The number of hydrogen-bond acceptors (Lipinski definition) is 7. The summed E-state index contributed by atoms with van der Waals surface area (Å²) in [5.41, 5.74) is -0.995. The van der Waals surface area contributed by atoms with Crippen LogP contribution in [-0.2, 0) is 14.8 Å². The van der Waals surface area contributed by atoms with Crippen molar-refractivity contribution in [3.63, 3.8) is 0 Å². The predicted octanol–water partition coefficient (Wildman–Crippen LogP) is 0.738. The number of carbonyl (C=O) groups excluding carboxylic acids is 1. The van der Waals surface area contributed by atoms with E-state index < -0.39 is 27.1 Å². The summed E-state index contributed by atoms with van der Waals surface area (Å²) in [5, 5.41) is 0. The summed E-state index contributed by atoms with van der Waals surface area (Å²) in [5.74, 6) is -0.987. The molecule has 1 aliphatic heterocycles. The van der Waals surface area contributed by atoms with Gasteiger partial charge in [0.15, 0.2) is 0 Å². The molecular weight excluding hydrogens is 322 g/mol. The number of esters is 1. The number of fused-ring (bicyclic) bond motifs is 2. The summed E-state index contributed by atoms with van der Waals surface area (Å²) in [6.45, 7) is 1.65. The van der Waals surface area contributed by atoms with Gasteiger partial charge in [0, 0.05) is 7.05 Å². The Morgan fingerprint density at radius 1 is 1.30 bits per heavy atom. The lowest BCUT2D eigenvalue weighted by Gasteiger charge is -2.28. The van der Waals surface area contributed by atoms with Crippen LogP contribution >= 0.6 is 0 Å². The summed E-state index contributed by atoms with van der Waals surface area (Å²) >= 11 is 0. The Labute approximate surface area is 132 Å². The van der Waals surface area contributed by atoms with Crippen LogP contribution in [0.4, 0.5) is 11.6 Å². The van der Waals surface area contributed by atoms with Crippen molar-refractivity contribution in [1.29, 1.82) is 0 Å². The van der Waals surface area contributed by atoms with Crippen LogP contribution in [0.15, 0.2) is 40.2 Å². The molecule has 0 aliphatic carbocycles. The molecule has 0 bridgehead atoms. The maximum Gasteiger partial charge on any atom is 0.345 e. The van der Waals surface area contributed by atoms with Crippen molar-refractivity contribution in [1.82, 2.24) is 8.96 Å². The highest BCUT2D eigenvalue weighted by Gasteiger charge is 2.35. The minimum Gasteiger partial charge on any atom is -0.462 e. The van der Waals surface area contributed by atoms with Crippen molar-refractivity contribution in [2.24, 2.45) is 0 Å². The predicted molar refractivity (Wildman–Crippen MR) is 81.5 cm³/mol. The second kappa shape index (κ2) is 5.20. The van der Waals surface area contributed by atoms with Gasteiger partial charge >= 0.3 is 5.97 Å². The van der Waals surface area contributed by atoms with Gasteiger partial charge in [0.1, 0.15) is 10.5 Å². The van der Waals surface area contributed by atoms with E-state index in [0.29, 0.717) is 9.66 Å². The molecule has 0 saturated heterocycles. The van der Waals surface area contributed by atoms with E-state index in [1.807, 2.05) is 0 Å². The second-order valence-corrected chi connectivity index (χ2v) is 6.55. The zero-order chi connectivity index (χ0) is 16.8. The average molecular weight is 335 g/mol. The third-order valence-electron chi connectivity index (χ3n) is 3.45. The van der Waals surface area contributed by atoms with Crippen molar-refractivity contribution >= 4 is 27.6 Å². The number of para-hydroxylation sites is 1. The van der Waals surface area contributed by atoms with Crippen molar-refractivity contribution in [3.8, 4) is 0 Å². The van der Waals surface area contributed by atoms with E-state index in [4.69, 9.17) is 4.74 Å². The van der Waals surface area contributed by atoms with E-state index in [-0.39, 0.29) is 17.5 Å². The molecule has 0 saturated carbocycles. The van der Waals surface area contributed by atoms with Gasteiger partial charge in [0.2, 0.25) is 5.95 Å². The lowest BCUT2D eigenvalue weighted by atomic mass is 10.3. The number of rotatable bonds is 2. The lowest BCUT2D eigenvalue weighted by molar-refractivity contribution is 0.0523. The van der Waals surface area contributed by atoms with Crippen LogP contribution in [0.5, 0.6) is 0 Å². The lowest BCUT2D eigenvalue weighted by Crippen LogP contribution is -2.39. The van der Waals surface area contributed by atoms with Crippen LogP contribution in [-0.4, -0.2) is 37.0 Å². The SMILES string of the molecule is CCOC(=O)c1cnc2n(c1=O)S(=O)(=O)c1ccccc1N2C. The van der Waals surface area contributed by atoms with Crippen molar-refractivity contribution < 1.29 is 17.9 Å². The Kier molecular flexibility index (Phi) is 3.44. The summed E-state index contributed by atoms with van der Waals surface area (Å²) in [6, 6.07) is 6.25. The molecule has 23 heavy (non-hydrogen) atoms. The molecule has 1 aromatic heterocycles. The smallest absolute Gasteiger partial charge is 0.345 e. The van der Waals surface area contributed by atoms with Gasteiger partial charge in [-0.2, -0.15) is 3.97 Å². The van der Waals surface area contributed by atoms with Gasteiger partial charge < -0.3 is 9.64 Å². The molecule has 8 nitrogen and oxygen atoms in total. The van der Waals surface area contributed by atoms with E-state index in [1.165, 1.54) is 11.0 Å². The van der Waals surface area contributed by atoms with Crippen molar-refractivity contribution in [2.45, 2.75) is 11.8 Å². The average Bonchev–Trinajstić information content (AvgIpc) is 2.52. The summed E-state index contributed by atoms with van der Waals surface area (Å²) in [4.78, 5) is 29.7. The fraction of sp³-hybridized carbons (Fsp3) is 0.214. The second-order valence-electron chi connectivity index (χ2n) is 4.79. The molecule has 1 aromatic carbocycles. The normalized spacial score (nSPS) is 14.8. The van der Waals surface area contributed by atoms with E-state index in [9.17, 15) is 18.0 Å². The minimum absolute atomic E-state index is 0.0279. The van der Waals surface area contributed by atoms with E-state index >= 15 is 0 Å². The monoisotopic (exact) mass is 335 g/mol. The Bertz CT molecular complexity index is 965. The Hall–Kier alpha value is -2.68. The van der Waals surface area contributed by atoms with E-state index in [2.05, 4.69) is 4.98 Å². The van der Waals surface area contributed by atoms with Crippen LogP contribution in [0.1, 0.15) is 17.3 Å². The minimum atomic E-state index is -4.14. The van der Waals surface area contributed by atoms with Gasteiger partial charge in [-0.1, -0.05) is 12.1 Å². The molecule has 0 N–H and O–H groups in total. The molecule has 0 amide bonds. The molecule has 1 aliphatic rings. The Balaban J connectivity index is 2.32. The highest BCUT2D eigenvalue weighted by atomic mass is 32.2. The number of aromatic nitrogens is 2. The molecule has 2 heterocycles.